The molecule has 0 saturated heterocycles. The topological polar surface area (TPSA) is 70.0 Å². The van der Waals surface area contributed by atoms with Crippen LogP contribution in [-0.2, 0) is 17.6 Å². The number of carbonyl (C=O) groups is 1. The minimum Gasteiger partial charge on any atom is -0.508 e. The Kier molecular flexibility index (Phi) is 7.39. The van der Waals surface area contributed by atoms with Gasteiger partial charge in [0.15, 0.2) is 0 Å². The molecule has 0 aromatic heterocycles. The fraction of sp³-hybridized carbons (Fsp3) is 0.345. The summed E-state index contributed by atoms with van der Waals surface area (Å²) in [5, 5.41) is 21.1. The highest BCUT2D eigenvalue weighted by molar-refractivity contribution is 6.30. The first-order valence-electron chi connectivity index (χ1n) is 11.9. The Balaban J connectivity index is 1.59. The molecule has 0 aliphatic heterocycles. The van der Waals surface area contributed by atoms with Crippen LogP contribution >= 0.6 is 11.6 Å². The standard InChI is InChI=1S/C29H32ClNO4/c1-29(2,3)35-28(34)31(18-27(33)22-5-4-6-24(30)16-22)25-12-9-20-7-8-21(15-23(20)17-25)19-10-13-26(32)14-11-19/h4-8,10-11,13-16,25,27,32-33H,9,12,17-18H2,1-3H3/t25-,27-/m0/s1. The number of hydrogen-bond acceptors (Lipinski definition) is 4. The second-order valence-electron chi connectivity index (χ2n) is 10.1. The Morgan fingerprint density at radius 3 is 2.46 bits per heavy atom. The summed E-state index contributed by atoms with van der Waals surface area (Å²) >= 11 is 6.12. The number of aliphatic hydroxyl groups excluding tert-OH is 1. The molecule has 1 amide bonds. The number of aromatic hydroxyl groups is 1. The molecule has 0 fully saturated rings. The van der Waals surface area contributed by atoms with E-state index < -0.39 is 17.8 Å². The van der Waals surface area contributed by atoms with E-state index in [1.165, 1.54) is 11.1 Å². The van der Waals surface area contributed by atoms with Gasteiger partial charge in [-0.15, -0.1) is 0 Å². The first-order chi connectivity index (χ1) is 16.6. The highest BCUT2D eigenvalue weighted by Gasteiger charge is 2.33. The van der Waals surface area contributed by atoms with E-state index in [2.05, 4.69) is 18.2 Å². The van der Waals surface area contributed by atoms with E-state index in [0.29, 0.717) is 17.0 Å². The van der Waals surface area contributed by atoms with Crippen LogP contribution in [0.25, 0.3) is 11.1 Å². The fourth-order valence-corrected chi connectivity index (χ4v) is 4.73. The molecule has 0 saturated carbocycles. The first kappa shape index (κ1) is 25.1. The molecule has 1 aliphatic carbocycles. The maximum absolute atomic E-state index is 13.3. The summed E-state index contributed by atoms with van der Waals surface area (Å²) in [4.78, 5) is 14.9. The van der Waals surface area contributed by atoms with Gasteiger partial charge in [-0.25, -0.2) is 4.79 Å². The number of halogens is 1. The van der Waals surface area contributed by atoms with Crippen molar-refractivity contribution in [1.29, 1.82) is 0 Å². The zero-order valence-corrected chi connectivity index (χ0v) is 21.1. The Labute approximate surface area is 211 Å². The van der Waals surface area contributed by atoms with Crippen molar-refractivity contribution in [2.75, 3.05) is 6.54 Å². The number of phenols is 1. The molecule has 2 N–H and O–H groups in total. The lowest BCUT2D eigenvalue weighted by Crippen LogP contribution is -2.47. The van der Waals surface area contributed by atoms with E-state index in [-0.39, 0.29) is 18.3 Å². The summed E-state index contributed by atoms with van der Waals surface area (Å²) in [6.07, 6.45) is 0.978. The van der Waals surface area contributed by atoms with Gasteiger partial charge in [0.2, 0.25) is 0 Å². The third-order valence-corrected chi connectivity index (χ3v) is 6.52. The minimum atomic E-state index is -0.883. The summed E-state index contributed by atoms with van der Waals surface area (Å²) in [6.45, 7) is 5.65. The summed E-state index contributed by atoms with van der Waals surface area (Å²) in [6, 6.07) is 20.5. The van der Waals surface area contributed by atoms with Gasteiger partial charge in [0.25, 0.3) is 0 Å². The predicted octanol–water partition coefficient (Wildman–Crippen LogP) is 6.54. The van der Waals surface area contributed by atoms with Gasteiger partial charge in [-0.2, -0.15) is 0 Å². The molecule has 1 aliphatic rings. The lowest BCUT2D eigenvalue weighted by atomic mass is 9.85. The molecule has 0 bridgehead atoms. The minimum absolute atomic E-state index is 0.110. The van der Waals surface area contributed by atoms with Crippen molar-refractivity contribution < 1.29 is 19.7 Å². The predicted molar refractivity (Wildman–Crippen MR) is 139 cm³/mol. The molecule has 35 heavy (non-hydrogen) atoms. The van der Waals surface area contributed by atoms with E-state index >= 15 is 0 Å². The average Bonchev–Trinajstić information content (AvgIpc) is 2.81. The van der Waals surface area contributed by atoms with Crippen molar-refractivity contribution in [3.05, 3.63) is 88.4 Å². The smallest absolute Gasteiger partial charge is 0.410 e. The van der Waals surface area contributed by atoms with Crippen molar-refractivity contribution >= 4 is 17.7 Å². The van der Waals surface area contributed by atoms with E-state index in [1.807, 2.05) is 39.0 Å². The first-order valence-corrected chi connectivity index (χ1v) is 12.3. The number of aryl methyl sites for hydroxylation is 1. The van der Waals surface area contributed by atoms with Gasteiger partial charge in [-0.3, -0.25) is 0 Å². The highest BCUT2D eigenvalue weighted by Crippen LogP contribution is 2.32. The number of aliphatic hydroxyl groups is 1. The number of hydrogen-bond donors (Lipinski definition) is 2. The molecule has 0 radical (unpaired) electrons. The largest absolute Gasteiger partial charge is 0.508 e. The number of rotatable bonds is 5. The van der Waals surface area contributed by atoms with Crippen molar-refractivity contribution in [3.8, 4) is 16.9 Å². The average molecular weight is 494 g/mol. The summed E-state index contributed by atoms with van der Waals surface area (Å²) in [5.74, 6) is 0.234. The van der Waals surface area contributed by atoms with Gasteiger partial charge in [0.1, 0.15) is 11.4 Å². The van der Waals surface area contributed by atoms with E-state index in [0.717, 1.165) is 24.0 Å². The quantitative estimate of drug-likeness (QED) is 0.423. The Hall–Kier alpha value is -3.02. The van der Waals surface area contributed by atoms with Gasteiger partial charge in [0, 0.05) is 11.1 Å². The van der Waals surface area contributed by atoms with Crippen LogP contribution in [0.2, 0.25) is 5.02 Å². The molecule has 2 atom stereocenters. The van der Waals surface area contributed by atoms with Crippen LogP contribution in [0.5, 0.6) is 5.75 Å². The van der Waals surface area contributed by atoms with Crippen LogP contribution in [-0.4, -0.2) is 39.4 Å². The Morgan fingerprint density at radius 1 is 1.06 bits per heavy atom. The number of ether oxygens (including phenoxy) is 1. The Morgan fingerprint density at radius 2 is 1.77 bits per heavy atom. The van der Waals surface area contributed by atoms with Crippen LogP contribution in [0.15, 0.2) is 66.7 Å². The molecule has 184 valence electrons. The van der Waals surface area contributed by atoms with Gasteiger partial charge >= 0.3 is 6.09 Å². The van der Waals surface area contributed by atoms with Crippen LogP contribution in [0.3, 0.4) is 0 Å². The molecule has 0 unspecified atom stereocenters. The SMILES string of the molecule is CC(C)(C)OC(=O)N(C[C@H](O)c1cccc(Cl)c1)[C@H]1CCc2ccc(-c3ccc(O)cc3)cc2C1. The summed E-state index contributed by atoms with van der Waals surface area (Å²) in [7, 11) is 0. The van der Waals surface area contributed by atoms with Gasteiger partial charge in [0.05, 0.1) is 12.6 Å². The van der Waals surface area contributed by atoms with Crippen molar-refractivity contribution in [2.45, 2.75) is 57.8 Å². The monoisotopic (exact) mass is 493 g/mol. The van der Waals surface area contributed by atoms with Crippen LogP contribution in [0.1, 0.15) is 50.0 Å². The zero-order chi connectivity index (χ0) is 25.2. The fourth-order valence-electron chi connectivity index (χ4n) is 4.54. The molecule has 4 rings (SSSR count). The number of benzene rings is 3. The number of fused-ring (bicyclic) bond motifs is 1. The molecular weight excluding hydrogens is 462 g/mol. The second-order valence-corrected chi connectivity index (χ2v) is 10.6. The van der Waals surface area contributed by atoms with Gasteiger partial charge < -0.3 is 19.8 Å². The molecular formula is C29H32ClNO4. The maximum atomic E-state index is 13.3. The van der Waals surface area contributed by atoms with Gasteiger partial charge in [-0.05, 0) is 92.1 Å². The molecule has 6 heteroatoms. The lowest BCUT2D eigenvalue weighted by Gasteiger charge is -2.37. The number of phenolic OH excluding ortho intramolecular Hbond substituents is 1. The number of amides is 1. The van der Waals surface area contributed by atoms with Gasteiger partial charge in [-0.1, -0.05) is 54.1 Å². The third kappa shape index (κ3) is 6.36. The van der Waals surface area contributed by atoms with E-state index in [4.69, 9.17) is 16.3 Å². The van der Waals surface area contributed by atoms with Crippen molar-refractivity contribution in [3.63, 3.8) is 0 Å². The third-order valence-electron chi connectivity index (χ3n) is 6.28. The highest BCUT2D eigenvalue weighted by atomic mass is 35.5. The number of carbonyl (C=O) groups excluding carboxylic acids is 1. The second kappa shape index (κ2) is 10.3. The van der Waals surface area contributed by atoms with Crippen LogP contribution < -0.4 is 0 Å². The van der Waals surface area contributed by atoms with Crippen LogP contribution in [0.4, 0.5) is 4.79 Å². The molecule has 3 aromatic carbocycles. The van der Waals surface area contributed by atoms with E-state index in [1.54, 1.807) is 35.2 Å². The molecule has 0 heterocycles. The molecule has 5 nitrogen and oxygen atoms in total. The zero-order valence-electron chi connectivity index (χ0n) is 20.4. The number of nitrogens with zero attached hydrogens (tertiary/aromatic N) is 1. The van der Waals surface area contributed by atoms with Crippen molar-refractivity contribution in [2.24, 2.45) is 0 Å². The maximum Gasteiger partial charge on any atom is 0.410 e. The van der Waals surface area contributed by atoms with Crippen molar-refractivity contribution in [1.82, 2.24) is 4.90 Å². The molecule has 3 aromatic rings. The summed E-state index contributed by atoms with van der Waals surface area (Å²) in [5.41, 5.74) is 4.55. The Bertz CT molecular complexity index is 1190. The van der Waals surface area contributed by atoms with Crippen LogP contribution in [0, 0.1) is 0 Å². The summed E-state index contributed by atoms with van der Waals surface area (Å²) < 4.78 is 5.73. The molecule has 0 spiro atoms. The van der Waals surface area contributed by atoms with E-state index in [9.17, 15) is 15.0 Å². The normalized spacial score (nSPS) is 16.3. The lowest BCUT2D eigenvalue weighted by molar-refractivity contribution is 0.00196.